The van der Waals surface area contributed by atoms with Crippen LogP contribution < -0.4 is 5.32 Å². The van der Waals surface area contributed by atoms with E-state index in [0.29, 0.717) is 29.5 Å². The van der Waals surface area contributed by atoms with E-state index >= 15 is 0 Å². The molecule has 0 spiro atoms. The summed E-state index contributed by atoms with van der Waals surface area (Å²) >= 11 is 0. The van der Waals surface area contributed by atoms with Crippen LogP contribution in [-0.2, 0) is 11.3 Å². The Labute approximate surface area is 189 Å². The average Bonchev–Trinajstić information content (AvgIpc) is 3.38. The fourth-order valence-electron chi connectivity index (χ4n) is 4.04. The number of aromatic nitrogens is 3. The fraction of sp³-hybridized carbons (Fsp3) is 0.160. The zero-order chi connectivity index (χ0) is 22.8. The minimum absolute atomic E-state index is 0.145. The monoisotopic (exact) mass is 439 g/mol. The maximum Gasteiger partial charge on any atom is 0.261 e. The predicted octanol–water partition coefficient (Wildman–Crippen LogP) is 3.11. The lowest BCUT2D eigenvalue weighted by Crippen LogP contribution is -2.41. The molecule has 0 fully saturated rings. The molecule has 5 rings (SSSR count). The van der Waals surface area contributed by atoms with Gasteiger partial charge < -0.3 is 5.32 Å². The lowest BCUT2D eigenvalue weighted by Gasteiger charge is -2.27. The van der Waals surface area contributed by atoms with E-state index in [2.05, 4.69) is 15.3 Å². The number of benzene rings is 2. The van der Waals surface area contributed by atoms with Gasteiger partial charge in [0.25, 0.3) is 11.8 Å². The van der Waals surface area contributed by atoms with Crippen LogP contribution in [0.4, 0.5) is 0 Å². The van der Waals surface area contributed by atoms with E-state index in [4.69, 9.17) is 0 Å². The number of rotatable bonds is 7. The van der Waals surface area contributed by atoms with E-state index in [-0.39, 0.29) is 30.7 Å². The zero-order valence-electron chi connectivity index (χ0n) is 17.8. The molecule has 2 aromatic carbocycles. The molecular formula is C25H21N5O3. The molecule has 8 nitrogen and oxygen atoms in total. The first-order valence-electron chi connectivity index (χ1n) is 10.7. The Hall–Kier alpha value is -4.33. The SMILES string of the molecule is O=C(CCCN1C(=O)c2cccc3cccc(c23)C1=O)NCc1ccc(-n2ccnc2)nc1. The van der Waals surface area contributed by atoms with Crippen LogP contribution >= 0.6 is 0 Å². The Bertz CT molecular complexity index is 1300. The molecule has 1 aliphatic heterocycles. The Balaban J connectivity index is 1.15. The quantitative estimate of drug-likeness (QED) is 0.446. The maximum atomic E-state index is 12.9. The first kappa shape index (κ1) is 20.6. The van der Waals surface area contributed by atoms with Crippen LogP contribution in [0.3, 0.4) is 0 Å². The number of hydrogen-bond acceptors (Lipinski definition) is 5. The molecule has 0 aliphatic carbocycles. The molecule has 0 atom stereocenters. The van der Waals surface area contributed by atoms with Gasteiger partial charge in [-0.25, -0.2) is 9.97 Å². The van der Waals surface area contributed by atoms with Gasteiger partial charge in [0.2, 0.25) is 5.91 Å². The summed E-state index contributed by atoms with van der Waals surface area (Å²) in [6.07, 6.45) is 7.46. The molecule has 3 heterocycles. The number of carbonyl (C=O) groups is 3. The highest BCUT2D eigenvalue weighted by atomic mass is 16.2. The van der Waals surface area contributed by atoms with E-state index in [1.807, 2.05) is 36.4 Å². The van der Waals surface area contributed by atoms with Gasteiger partial charge in [-0.1, -0.05) is 30.3 Å². The standard InChI is InChI=1S/C25H21N5O3/c31-22(28-15-17-9-10-21(27-14-17)29-13-11-26-16-29)8-3-12-30-24(32)19-6-1-4-18-5-2-7-20(23(18)19)25(30)33/h1-2,4-7,9-11,13-14,16H,3,8,12,15H2,(H,28,31). The predicted molar refractivity (Wildman–Crippen MR) is 122 cm³/mol. The third-order valence-corrected chi connectivity index (χ3v) is 5.71. The second kappa shape index (κ2) is 8.66. The van der Waals surface area contributed by atoms with Crippen LogP contribution in [-0.4, -0.2) is 43.7 Å². The number of hydrogen-bond donors (Lipinski definition) is 1. The van der Waals surface area contributed by atoms with Gasteiger partial charge in [0, 0.05) is 54.6 Å². The lowest BCUT2D eigenvalue weighted by atomic mass is 9.94. The molecule has 1 N–H and O–H groups in total. The van der Waals surface area contributed by atoms with Crippen LogP contribution in [0.25, 0.3) is 16.6 Å². The Kier molecular flexibility index (Phi) is 5.40. The van der Waals surface area contributed by atoms with Gasteiger partial charge in [0.05, 0.1) is 0 Å². The van der Waals surface area contributed by atoms with Crippen LogP contribution in [0.2, 0.25) is 0 Å². The molecule has 0 bridgehead atoms. The minimum Gasteiger partial charge on any atom is -0.352 e. The normalized spacial score (nSPS) is 12.9. The van der Waals surface area contributed by atoms with Crippen molar-refractivity contribution in [3.63, 3.8) is 0 Å². The van der Waals surface area contributed by atoms with E-state index < -0.39 is 0 Å². The van der Waals surface area contributed by atoms with E-state index in [0.717, 1.165) is 16.8 Å². The minimum atomic E-state index is -0.311. The second-order valence-electron chi connectivity index (χ2n) is 7.85. The third-order valence-electron chi connectivity index (χ3n) is 5.71. The van der Waals surface area contributed by atoms with E-state index in [1.54, 1.807) is 41.6 Å². The Morgan fingerprint density at radius 3 is 2.36 bits per heavy atom. The van der Waals surface area contributed by atoms with Gasteiger partial charge in [-0.2, -0.15) is 0 Å². The number of imidazole rings is 1. The molecule has 164 valence electrons. The van der Waals surface area contributed by atoms with Crippen molar-refractivity contribution in [3.8, 4) is 5.82 Å². The fourth-order valence-corrected chi connectivity index (χ4v) is 4.04. The van der Waals surface area contributed by atoms with E-state index in [9.17, 15) is 14.4 Å². The molecule has 0 radical (unpaired) electrons. The highest BCUT2D eigenvalue weighted by molar-refractivity contribution is 6.25. The smallest absolute Gasteiger partial charge is 0.261 e. The van der Waals surface area contributed by atoms with Gasteiger partial charge in [0.1, 0.15) is 12.1 Å². The molecule has 0 unspecified atom stereocenters. The molecule has 33 heavy (non-hydrogen) atoms. The van der Waals surface area contributed by atoms with Crippen molar-refractivity contribution in [1.29, 1.82) is 0 Å². The summed E-state index contributed by atoms with van der Waals surface area (Å²) in [5, 5.41) is 4.44. The Morgan fingerprint density at radius 1 is 0.970 bits per heavy atom. The van der Waals surface area contributed by atoms with E-state index in [1.165, 1.54) is 4.90 Å². The first-order valence-corrected chi connectivity index (χ1v) is 10.7. The van der Waals surface area contributed by atoms with Crippen molar-refractivity contribution in [2.75, 3.05) is 6.54 Å². The first-order chi connectivity index (χ1) is 16.1. The summed E-state index contributed by atoms with van der Waals surface area (Å²) in [4.78, 5) is 47.7. The van der Waals surface area contributed by atoms with Crippen molar-refractivity contribution >= 4 is 28.5 Å². The number of amides is 3. The van der Waals surface area contributed by atoms with Crippen LogP contribution in [0.5, 0.6) is 0 Å². The van der Waals surface area contributed by atoms with Gasteiger partial charge >= 0.3 is 0 Å². The van der Waals surface area contributed by atoms with Crippen LogP contribution in [0, 0.1) is 0 Å². The number of nitrogens with zero attached hydrogens (tertiary/aromatic N) is 4. The topological polar surface area (TPSA) is 97.2 Å². The van der Waals surface area contributed by atoms with Crippen molar-refractivity contribution in [2.45, 2.75) is 19.4 Å². The van der Waals surface area contributed by atoms with Gasteiger partial charge in [-0.3, -0.25) is 23.9 Å². The largest absolute Gasteiger partial charge is 0.352 e. The van der Waals surface area contributed by atoms with Crippen molar-refractivity contribution in [3.05, 3.63) is 90.1 Å². The molecule has 1 aliphatic rings. The summed E-state index contributed by atoms with van der Waals surface area (Å²) in [6, 6.07) is 14.7. The molecule has 0 saturated heterocycles. The third kappa shape index (κ3) is 3.98. The number of nitrogens with one attached hydrogen (secondary N) is 1. The van der Waals surface area contributed by atoms with Crippen molar-refractivity contribution < 1.29 is 14.4 Å². The lowest BCUT2D eigenvalue weighted by molar-refractivity contribution is -0.121. The van der Waals surface area contributed by atoms with Crippen LogP contribution in [0.1, 0.15) is 39.1 Å². The Morgan fingerprint density at radius 2 is 1.73 bits per heavy atom. The number of carbonyl (C=O) groups excluding carboxylic acids is 3. The summed E-state index contributed by atoms with van der Waals surface area (Å²) in [5.74, 6) is -0.0219. The maximum absolute atomic E-state index is 12.9. The molecular weight excluding hydrogens is 418 g/mol. The second-order valence-corrected chi connectivity index (χ2v) is 7.85. The summed E-state index contributed by atoms with van der Waals surface area (Å²) in [7, 11) is 0. The van der Waals surface area contributed by atoms with Gasteiger partial charge in [-0.05, 0) is 35.6 Å². The number of pyridine rings is 1. The molecule has 4 aromatic rings. The van der Waals surface area contributed by atoms with Crippen molar-refractivity contribution in [1.82, 2.24) is 24.8 Å². The molecule has 8 heteroatoms. The molecule has 2 aromatic heterocycles. The number of imide groups is 1. The van der Waals surface area contributed by atoms with Gasteiger partial charge in [-0.15, -0.1) is 0 Å². The molecule has 3 amide bonds. The highest BCUT2D eigenvalue weighted by Gasteiger charge is 2.32. The summed E-state index contributed by atoms with van der Waals surface area (Å²) in [6.45, 7) is 0.546. The zero-order valence-corrected chi connectivity index (χ0v) is 17.8. The van der Waals surface area contributed by atoms with Gasteiger partial charge in [0.15, 0.2) is 0 Å². The van der Waals surface area contributed by atoms with Crippen LogP contribution in [0.15, 0.2) is 73.4 Å². The molecule has 0 saturated carbocycles. The average molecular weight is 439 g/mol. The highest BCUT2D eigenvalue weighted by Crippen LogP contribution is 2.30. The van der Waals surface area contributed by atoms with Crippen molar-refractivity contribution in [2.24, 2.45) is 0 Å². The summed E-state index contributed by atoms with van der Waals surface area (Å²) < 4.78 is 1.80. The summed E-state index contributed by atoms with van der Waals surface area (Å²) in [5.41, 5.74) is 1.93.